The lowest BCUT2D eigenvalue weighted by Gasteiger charge is -2.27. The Bertz CT molecular complexity index is 334. The van der Waals surface area contributed by atoms with E-state index in [0.717, 1.165) is 44.1 Å². The maximum absolute atomic E-state index is 5.44. The molecule has 1 aliphatic heterocycles. The van der Waals surface area contributed by atoms with E-state index in [1.807, 2.05) is 7.05 Å². The Balaban J connectivity index is 1.57. The summed E-state index contributed by atoms with van der Waals surface area (Å²) in [6, 6.07) is 0. The van der Waals surface area contributed by atoms with Crippen molar-refractivity contribution in [2.24, 2.45) is 16.8 Å². The monoisotopic (exact) mass is 323 g/mol. The molecule has 1 aliphatic carbocycles. The highest BCUT2D eigenvalue weighted by Crippen LogP contribution is 2.27. The third-order valence-electron chi connectivity index (χ3n) is 5.58. The van der Waals surface area contributed by atoms with Crippen LogP contribution in [0.5, 0.6) is 0 Å². The molecule has 0 aromatic heterocycles. The molecule has 4 nitrogen and oxygen atoms in total. The van der Waals surface area contributed by atoms with Gasteiger partial charge in [0.05, 0.1) is 0 Å². The van der Waals surface area contributed by atoms with Gasteiger partial charge in [-0.25, -0.2) is 0 Å². The van der Waals surface area contributed by atoms with Gasteiger partial charge in [-0.05, 0) is 43.9 Å². The van der Waals surface area contributed by atoms with Gasteiger partial charge in [0.15, 0.2) is 5.96 Å². The Hall–Kier alpha value is -0.770. The van der Waals surface area contributed by atoms with E-state index in [1.54, 1.807) is 0 Å². The van der Waals surface area contributed by atoms with Gasteiger partial charge in [0.1, 0.15) is 0 Å². The molecule has 0 bridgehead atoms. The summed E-state index contributed by atoms with van der Waals surface area (Å²) in [6.45, 7) is 4.04. The van der Waals surface area contributed by atoms with Crippen LogP contribution < -0.4 is 5.32 Å². The maximum atomic E-state index is 5.44. The van der Waals surface area contributed by atoms with E-state index in [1.165, 1.54) is 64.2 Å². The van der Waals surface area contributed by atoms with Crippen LogP contribution >= 0.6 is 0 Å². The van der Waals surface area contributed by atoms with Gasteiger partial charge in [-0.1, -0.05) is 32.1 Å². The van der Waals surface area contributed by atoms with Crippen LogP contribution in [0.25, 0.3) is 0 Å². The van der Waals surface area contributed by atoms with Gasteiger partial charge in [-0.2, -0.15) is 0 Å². The average Bonchev–Trinajstić information content (AvgIpc) is 2.61. The molecule has 1 saturated heterocycles. The fourth-order valence-corrected chi connectivity index (χ4v) is 3.97. The summed E-state index contributed by atoms with van der Waals surface area (Å²) >= 11 is 0. The highest BCUT2D eigenvalue weighted by atomic mass is 16.5. The molecule has 4 heteroatoms. The fourth-order valence-electron chi connectivity index (χ4n) is 3.97. The normalized spacial score (nSPS) is 21.4. The first kappa shape index (κ1) is 18.6. The first-order valence-corrected chi connectivity index (χ1v) is 9.79. The molecule has 23 heavy (non-hydrogen) atoms. The van der Waals surface area contributed by atoms with Crippen molar-refractivity contribution in [3.05, 3.63) is 0 Å². The van der Waals surface area contributed by atoms with Crippen LogP contribution in [-0.2, 0) is 4.74 Å². The fraction of sp³-hybridized carbons (Fsp3) is 0.947. The molecule has 0 aromatic rings. The number of nitrogens with one attached hydrogen (secondary N) is 1. The standard InChI is InChI=1S/C19H37N3O/c1-20-19(21-13-6-9-17-7-4-3-5-8-17)22(2)14-10-18-11-15-23-16-12-18/h17-18H,3-16H2,1-2H3,(H,20,21). The number of nitrogens with zero attached hydrogens (tertiary/aromatic N) is 2. The molecule has 0 spiro atoms. The maximum Gasteiger partial charge on any atom is 0.193 e. The van der Waals surface area contributed by atoms with Crippen molar-refractivity contribution in [3.8, 4) is 0 Å². The highest BCUT2D eigenvalue weighted by Gasteiger charge is 2.16. The summed E-state index contributed by atoms with van der Waals surface area (Å²) in [7, 11) is 4.06. The minimum Gasteiger partial charge on any atom is -0.381 e. The van der Waals surface area contributed by atoms with Gasteiger partial charge < -0.3 is 15.0 Å². The van der Waals surface area contributed by atoms with Gasteiger partial charge in [0, 0.05) is 40.4 Å². The van der Waals surface area contributed by atoms with Crippen molar-refractivity contribution in [2.45, 2.75) is 64.2 Å². The highest BCUT2D eigenvalue weighted by molar-refractivity contribution is 5.79. The molecule has 2 rings (SSSR count). The first-order valence-electron chi connectivity index (χ1n) is 9.79. The minimum absolute atomic E-state index is 0.829. The zero-order valence-electron chi connectivity index (χ0n) is 15.4. The number of hydrogen-bond donors (Lipinski definition) is 1. The van der Waals surface area contributed by atoms with Gasteiger partial charge in [0.2, 0.25) is 0 Å². The summed E-state index contributed by atoms with van der Waals surface area (Å²) in [4.78, 5) is 6.73. The summed E-state index contributed by atoms with van der Waals surface area (Å²) in [5.41, 5.74) is 0. The van der Waals surface area contributed by atoms with Crippen LogP contribution in [0, 0.1) is 11.8 Å². The van der Waals surface area contributed by atoms with Crippen molar-refractivity contribution < 1.29 is 4.74 Å². The Morgan fingerprint density at radius 3 is 2.43 bits per heavy atom. The van der Waals surface area contributed by atoms with Crippen LogP contribution in [0.3, 0.4) is 0 Å². The second kappa shape index (κ2) is 10.9. The van der Waals surface area contributed by atoms with Crippen molar-refractivity contribution in [1.82, 2.24) is 10.2 Å². The Labute approximate surface area is 143 Å². The quantitative estimate of drug-likeness (QED) is 0.441. The second-order valence-electron chi connectivity index (χ2n) is 7.39. The molecule has 0 unspecified atom stereocenters. The lowest BCUT2D eigenvalue weighted by atomic mass is 9.86. The molecule has 1 saturated carbocycles. The van der Waals surface area contributed by atoms with Gasteiger partial charge in [0.25, 0.3) is 0 Å². The van der Waals surface area contributed by atoms with E-state index in [0.29, 0.717) is 0 Å². The third kappa shape index (κ3) is 7.11. The van der Waals surface area contributed by atoms with Crippen molar-refractivity contribution in [3.63, 3.8) is 0 Å². The minimum atomic E-state index is 0.829. The average molecular weight is 324 g/mol. The lowest BCUT2D eigenvalue weighted by Crippen LogP contribution is -2.40. The number of aliphatic imine (C=N–C) groups is 1. The Morgan fingerprint density at radius 1 is 1.04 bits per heavy atom. The molecule has 0 radical (unpaired) electrons. The molecule has 2 aliphatic rings. The number of rotatable bonds is 7. The topological polar surface area (TPSA) is 36.9 Å². The largest absolute Gasteiger partial charge is 0.381 e. The molecular weight excluding hydrogens is 286 g/mol. The smallest absolute Gasteiger partial charge is 0.193 e. The summed E-state index contributed by atoms with van der Waals surface area (Å²) in [6.07, 6.45) is 13.6. The predicted octanol–water partition coefficient (Wildman–Crippen LogP) is 3.67. The molecule has 1 N–H and O–H groups in total. The molecule has 2 fully saturated rings. The Morgan fingerprint density at radius 2 is 1.74 bits per heavy atom. The van der Waals surface area contributed by atoms with E-state index >= 15 is 0 Å². The van der Waals surface area contributed by atoms with Crippen LogP contribution in [0.1, 0.15) is 64.2 Å². The predicted molar refractivity (Wildman–Crippen MR) is 98.0 cm³/mol. The molecular formula is C19H37N3O. The van der Waals surface area contributed by atoms with Gasteiger partial charge in [-0.3, -0.25) is 4.99 Å². The van der Waals surface area contributed by atoms with Crippen LogP contribution in [0.2, 0.25) is 0 Å². The summed E-state index contributed by atoms with van der Waals surface area (Å²) in [5.74, 6) is 2.87. The molecule has 0 atom stereocenters. The van der Waals surface area contributed by atoms with Crippen LogP contribution in [0.4, 0.5) is 0 Å². The van der Waals surface area contributed by atoms with Crippen molar-refractivity contribution in [2.75, 3.05) is 40.4 Å². The molecule has 0 amide bonds. The molecule has 134 valence electrons. The van der Waals surface area contributed by atoms with E-state index in [9.17, 15) is 0 Å². The van der Waals surface area contributed by atoms with Crippen molar-refractivity contribution >= 4 is 5.96 Å². The number of guanidine groups is 1. The van der Waals surface area contributed by atoms with E-state index < -0.39 is 0 Å². The third-order valence-corrected chi connectivity index (χ3v) is 5.58. The SMILES string of the molecule is CN=C(NCCCC1CCCCC1)N(C)CCC1CCOCC1. The summed E-state index contributed by atoms with van der Waals surface area (Å²) < 4.78 is 5.44. The van der Waals surface area contributed by atoms with Crippen LogP contribution in [-0.4, -0.2) is 51.3 Å². The first-order chi connectivity index (χ1) is 11.3. The van der Waals surface area contributed by atoms with E-state index in [-0.39, 0.29) is 0 Å². The lowest BCUT2D eigenvalue weighted by molar-refractivity contribution is 0.0625. The summed E-state index contributed by atoms with van der Waals surface area (Å²) in [5, 5.41) is 3.55. The van der Waals surface area contributed by atoms with E-state index in [2.05, 4.69) is 22.3 Å². The van der Waals surface area contributed by atoms with E-state index in [4.69, 9.17) is 4.74 Å². The number of hydrogen-bond acceptors (Lipinski definition) is 2. The number of ether oxygens (including phenoxy) is 1. The van der Waals surface area contributed by atoms with Crippen molar-refractivity contribution in [1.29, 1.82) is 0 Å². The zero-order valence-corrected chi connectivity index (χ0v) is 15.4. The molecule has 0 aromatic carbocycles. The van der Waals surface area contributed by atoms with Crippen LogP contribution in [0.15, 0.2) is 4.99 Å². The Kier molecular flexibility index (Phi) is 8.80. The van der Waals surface area contributed by atoms with Gasteiger partial charge in [-0.15, -0.1) is 0 Å². The van der Waals surface area contributed by atoms with Gasteiger partial charge >= 0.3 is 0 Å². The zero-order chi connectivity index (χ0) is 16.3. The molecule has 1 heterocycles. The second-order valence-corrected chi connectivity index (χ2v) is 7.39.